The molecule has 0 atom stereocenters. The number of ketones is 1. The van der Waals surface area contributed by atoms with Crippen molar-refractivity contribution in [3.05, 3.63) is 35.9 Å². The summed E-state index contributed by atoms with van der Waals surface area (Å²) in [6.07, 6.45) is 0. The molecule has 0 unspecified atom stereocenters. The molecule has 4 nitrogen and oxygen atoms in total. The standard InChI is InChI=1S/C10H12O4S/c1-2-15(12,13)14-8-10(11)9-6-4-3-5-7-9/h3-7H,2,8H2,1H3. The highest BCUT2D eigenvalue weighted by atomic mass is 32.2. The summed E-state index contributed by atoms with van der Waals surface area (Å²) in [5.74, 6) is -0.470. The van der Waals surface area contributed by atoms with Crippen molar-refractivity contribution in [2.75, 3.05) is 12.4 Å². The van der Waals surface area contributed by atoms with Crippen molar-refractivity contribution in [1.29, 1.82) is 0 Å². The molecule has 82 valence electrons. The normalized spacial score (nSPS) is 11.3. The van der Waals surface area contributed by atoms with Gasteiger partial charge in [-0.25, -0.2) is 0 Å². The van der Waals surface area contributed by atoms with Crippen LogP contribution in [0.25, 0.3) is 0 Å². The van der Waals surface area contributed by atoms with Crippen LogP contribution in [0.4, 0.5) is 0 Å². The lowest BCUT2D eigenvalue weighted by atomic mass is 10.1. The van der Waals surface area contributed by atoms with E-state index < -0.39 is 16.7 Å². The first kappa shape index (κ1) is 11.9. The van der Waals surface area contributed by atoms with Gasteiger partial charge in [0.25, 0.3) is 10.1 Å². The van der Waals surface area contributed by atoms with Gasteiger partial charge in [0.05, 0.1) is 5.75 Å². The Morgan fingerprint density at radius 3 is 2.40 bits per heavy atom. The van der Waals surface area contributed by atoms with Crippen LogP contribution in [-0.2, 0) is 14.3 Å². The van der Waals surface area contributed by atoms with Crippen molar-refractivity contribution < 1.29 is 17.4 Å². The fourth-order valence-electron chi connectivity index (χ4n) is 0.934. The van der Waals surface area contributed by atoms with Crippen LogP contribution in [0, 0.1) is 0 Å². The molecule has 5 heteroatoms. The van der Waals surface area contributed by atoms with Gasteiger partial charge in [0.2, 0.25) is 0 Å². The third-order valence-electron chi connectivity index (χ3n) is 1.82. The van der Waals surface area contributed by atoms with Crippen molar-refractivity contribution in [3.63, 3.8) is 0 Å². The number of hydrogen-bond donors (Lipinski definition) is 0. The average molecular weight is 228 g/mol. The topological polar surface area (TPSA) is 60.4 Å². The molecule has 0 N–H and O–H groups in total. The maximum absolute atomic E-state index is 11.4. The zero-order chi connectivity index (χ0) is 11.3. The van der Waals surface area contributed by atoms with E-state index in [1.54, 1.807) is 30.3 Å². The predicted molar refractivity (Wildman–Crippen MR) is 56.2 cm³/mol. The molecule has 0 spiro atoms. The van der Waals surface area contributed by atoms with Crippen molar-refractivity contribution in [1.82, 2.24) is 0 Å². The van der Waals surface area contributed by atoms with Gasteiger partial charge in [0, 0.05) is 5.56 Å². The van der Waals surface area contributed by atoms with Crippen LogP contribution in [0.2, 0.25) is 0 Å². The van der Waals surface area contributed by atoms with Crippen LogP contribution in [0.1, 0.15) is 17.3 Å². The number of benzene rings is 1. The Morgan fingerprint density at radius 1 is 1.27 bits per heavy atom. The van der Waals surface area contributed by atoms with Crippen molar-refractivity contribution in [2.45, 2.75) is 6.92 Å². The Morgan fingerprint density at radius 2 is 1.87 bits per heavy atom. The van der Waals surface area contributed by atoms with Crippen molar-refractivity contribution in [3.8, 4) is 0 Å². The molecule has 15 heavy (non-hydrogen) atoms. The summed E-state index contributed by atoms with van der Waals surface area (Å²) in [6, 6.07) is 8.43. The molecule has 0 aliphatic heterocycles. The van der Waals surface area contributed by atoms with E-state index in [9.17, 15) is 13.2 Å². The van der Waals surface area contributed by atoms with Gasteiger partial charge in [0.15, 0.2) is 5.78 Å². The molecule has 0 amide bonds. The van der Waals surface area contributed by atoms with E-state index in [1.165, 1.54) is 6.92 Å². The van der Waals surface area contributed by atoms with Gasteiger partial charge in [-0.2, -0.15) is 8.42 Å². The Kier molecular flexibility index (Phi) is 3.99. The summed E-state index contributed by atoms with van der Waals surface area (Å²) in [6.45, 7) is 1.03. The zero-order valence-corrected chi connectivity index (χ0v) is 9.16. The lowest BCUT2D eigenvalue weighted by Crippen LogP contribution is -2.15. The van der Waals surface area contributed by atoms with Crippen LogP contribution < -0.4 is 0 Å². The number of rotatable bonds is 5. The molecule has 0 saturated carbocycles. The highest BCUT2D eigenvalue weighted by molar-refractivity contribution is 7.86. The van der Waals surface area contributed by atoms with Gasteiger partial charge in [0.1, 0.15) is 6.61 Å². The minimum absolute atomic E-state index is 0.130. The first-order chi connectivity index (χ1) is 7.05. The monoisotopic (exact) mass is 228 g/mol. The highest BCUT2D eigenvalue weighted by Gasteiger charge is 2.12. The molecular weight excluding hydrogens is 216 g/mol. The lowest BCUT2D eigenvalue weighted by molar-refractivity contribution is 0.0925. The molecule has 0 saturated heterocycles. The second-order valence-corrected chi connectivity index (χ2v) is 4.83. The van der Waals surface area contributed by atoms with Crippen molar-refractivity contribution in [2.24, 2.45) is 0 Å². The molecule has 0 aliphatic rings. The Balaban J connectivity index is 2.59. The SMILES string of the molecule is CCS(=O)(=O)OCC(=O)c1ccccc1. The molecule has 0 radical (unpaired) electrons. The molecule has 1 rings (SSSR count). The van der Waals surface area contributed by atoms with E-state index in [-0.39, 0.29) is 11.5 Å². The molecular formula is C10H12O4S. The molecule has 1 aromatic rings. The van der Waals surface area contributed by atoms with Gasteiger partial charge in [-0.3, -0.25) is 8.98 Å². The summed E-state index contributed by atoms with van der Waals surface area (Å²) < 4.78 is 26.4. The number of carbonyl (C=O) groups is 1. The average Bonchev–Trinajstić information content (AvgIpc) is 2.27. The zero-order valence-electron chi connectivity index (χ0n) is 8.34. The summed E-state index contributed by atoms with van der Waals surface area (Å²) in [5.41, 5.74) is 0.448. The number of Topliss-reactive ketones (excluding diaryl/α,β-unsaturated/α-hetero) is 1. The molecule has 0 aromatic heterocycles. The van der Waals surface area contributed by atoms with Gasteiger partial charge >= 0.3 is 0 Å². The van der Waals surface area contributed by atoms with Crippen LogP contribution in [0.3, 0.4) is 0 Å². The van der Waals surface area contributed by atoms with E-state index in [0.717, 1.165) is 0 Å². The number of carbonyl (C=O) groups excluding carboxylic acids is 1. The third-order valence-corrected chi connectivity index (χ3v) is 3.00. The van der Waals surface area contributed by atoms with Crippen LogP contribution in [0.5, 0.6) is 0 Å². The van der Waals surface area contributed by atoms with Crippen LogP contribution in [-0.4, -0.2) is 26.6 Å². The van der Waals surface area contributed by atoms with E-state index in [2.05, 4.69) is 4.18 Å². The molecule has 1 aromatic carbocycles. The van der Waals surface area contributed by atoms with Gasteiger partial charge in [-0.15, -0.1) is 0 Å². The second kappa shape index (κ2) is 5.04. The second-order valence-electron chi connectivity index (χ2n) is 2.90. The maximum Gasteiger partial charge on any atom is 0.267 e. The minimum atomic E-state index is -3.54. The lowest BCUT2D eigenvalue weighted by Gasteiger charge is -2.02. The number of hydrogen-bond acceptors (Lipinski definition) is 4. The van der Waals surface area contributed by atoms with E-state index in [4.69, 9.17) is 0 Å². The minimum Gasteiger partial charge on any atom is -0.291 e. The Bertz CT molecular complexity index is 422. The maximum atomic E-state index is 11.4. The fraction of sp³-hybridized carbons (Fsp3) is 0.300. The van der Waals surface area contributed by atoms with Gasteiger partial charge in [-0.1, -0.05) is 30.3 Å². The first-order valence-electron chi connectivity index (χ1n) is 4.50. The summed E-state index contributed by atoms with van der Waals surface area (Å²) >= 11 is 0. The smallest absolute Gasteiger partial charge is 0.267 e. The Hall–Kier alpha value is -1.20. The largest absolute Gasteiger partial charge is 0.291 e. The summed E-state index contributed by atoms with van der Waals surface area (Å²) in [7, 11) is -3.54. The van der Waals surface area contributed by atoms with Crippen LogP contribution in [0.15, 0.2) is 30.3 Å². The Labute approximate surface area is 89.0 Å². The van der Waals surface area contributed by atoms with Crippen LogP contribution >= 0.6 is 0 Å². The van der Waals surface area contributed by atoms with Crippen molar-refractivity contribution >= 4 is 15.9 Å². The molecule has 0 aliphatic carbocycles. The van der Waals surface area contributed by atoms with E-state index in [1.807, 2.05) is 0 Å². The molecule has 0 fully saturated rings. The molecule has 0 heterocycles. The van der Waals surface area contributed by atoms with Gasteiger partial charge in [-0.05, 0) is 6.92 Å². The van der Waals surface area contributed by atoms with E-state index >= 15 is 0 Å². The third kappa shape index (κ3) is 3.81. The highest BCUT2D eigenvalue weighted by Crippen LogP contribution is 2.02. The first-order valence-corrected chi connectivity index (χ1v) is 6.08. The fourth-order valence-corrected chi connectivity index (χ4v) is 1.39. The quantitative estimate of drug-likeness (QED) is 0.562. The molecule has 0 bridgehead atoms. The summed E-state index contributed by atoms with van der Waals surface area (Å²) in [4.78, 5) is 11.4. The van der Waals surface area contributed by atoms with E-state index in [0.29, 0.717) is 5.56 Å². The summed E-state index contributed by atoms with van der Waals surface area (Å²) in [5, 5.41) is 0. The van der Waals surface area contributed by atoms with Gasteiger partial charge < -0.3 is 0 Å². The predicted octanol–water partition coefficient (Wildman–Crippen LogP) is 1.24.